The quantitative estimate of drug-likeness (QED) is 0.803. The number of carboxylic acid groups (broad SMARTS) is 1. The molecule has 0 unspecified atom stereocenters. The zero-order valence-electron chi connectivity index (χ0n) is 6.91. The highest BCUT2D eigenvalue weighted by Gasteiger charge is 2.15. The molecule has 1 N–H and O–H groups in total. The van der Waals surface area contributed by atoms with Crippen LogP contribution in [0.3, 0.4) is 0 Å². The molecule has 2 heterocycles. The van der Waals surface area contributed by atoms with E-state index < -0.39 is 5.97 Å². The maximum Gasteiger partial charge on any atom is 0.338 e. The van der Waals surface area contributed by atoms with Gasteiger partial charge in [0, 0.05) is 11.6 Å². The second-order valence-electron chi connectivity index (χ2n) is 2.49. The Labute approximate surface area is 83.2 Å². The third-order valence-electron chi connectivity index (χ3n) is 1.61. The van der Waals surface area contributed by atoms with Crippen LogP contribution in [0.15, 0.2) is 23.7 Å². The summed E-state index contributed by atoms with van der Waals surface area (Å²) in [5.74, 6) is -1.00. The van der Waals surface area contributed by atoms with E-state index in [4.69, 9.17) is 5.11 Å². The Morgan fingerprint density at radius 2 is 2.36 bits per heavy atom. The molecule has 14 heavy (non-hydrogen) atoms. The molecule has 0 atom stereocenters. The van der Waals surface area contributed by atoms with E-state index in [0.717, 1.165) is 11.5 Å². The molecule has 5 nitrogen and oxygen atoms in total. The van der Waals surface area contributed by atoms with Gasteiger partial charge in [-0.3, -0.25) is 0 Å². The lowest BCUT2D eigenvalue weighted by Gasteiger charge is -1.95. The van der Waals surface area contributed by atoms with Crippen LogP contribution in [-0.2, 0) is 0 Å². The summed E-state index contributed by atoms with van der Waals surface area (Å²) in [5, 5.41) is 17.8. The van der Waals surface area contributed by atoms with Crippen molar-refractivity contribution in [2.45, 2.75) is 0 Å². The van der Waals surface area contributed by atoms with Crippen molar-refractivity contribution in [1.82, 2.24) is 14.6 Å². The lowest BCUT2D eigenvalue weighted by Crippen LogP contribution is -1.98. The molecular formula is C8H5N3O2S. The first-order valence-electron chi connectivity index (χ1n) is 3.75. The first-order chi connectivity index (χ1) is 6.79. The minimum atomic E-state index is -1.00. The van der Waals surface area contributed by atoms with E-state index in [1.165, 1.54) is 11.6 Å². The minimum Gasteiger partial charge on any atom is -0.478 e. The van der Waals surface area contributed by atoms with Crippen LogP contribution in [0.5, 0.6) is 0 Å². The van der Waals surface area contributed by atoms with E-state index in [0.29, 0.717) is 11.4 Å². The number of rotatable bonds is 2. The van der Waals surface area contributed by atoms with Gasteiger partial charge in [-0.15, -0.1) is 5.10 Å². The van der Waals surface area contributed by atoms with Gasteiger partial charge in [0.15, 0.2) is 0 Å². The molecular weight excluding hydrogens is 202 g/mol. The molecule has 0 saturated carbocycles. The van der Waals surface area contributed by atoms with E-state index in [9.17, 15) is 4.79 Å². The Hall–Kier alpha value is -1.82. The monoisotopic (exact) mass is 207 g/mol. The number of aromatic carboxylic acids is 1. The number of hydrogen-bond donors (Lipinski definition) is 1. The van der Waals surface area contributed by atoms with E-state index in [1.54, 1.807) is 12.1 Å². The number of carboxylic acids is 1. The summed E-state index contributed by atoms with van der Waals surface area (Å²) in [4.78, 5) is 10.8. The van der Waals surface area contributed by atoms with E-state index in [-0.39, 0.29) is 5.56 Å². The highest BCUT2D eigenvalue weighted by molar-refractivity contribution is 7.04. The Kier molecular flexibility index (Phi) is 2.19. The molecule has 0 aromatic carbocycles. The predicted octanol–water partition coefficient (Wildman–Crippen LogP) is 1.30. The van der Waals surface area contributed by atoms with Gasteiger partial charge < -0.3 is 5.11 Å². The van der Waals surface area contributed by atoms with Crippen LogP contribution in [0.1, 0.15) is 10.4 Å². The number of aromatic nitrogens is 3. The summed E-state index contributed by atoms with van der Waals surface area (Å²) in [6.45, 7) is 0. The van der Waals surface area contributed by atoms with E-state index in [2.05, 4.69) is 14.6 Å². The summed E-state index contributed by atoms with van der Waals surface area (Å²) >= 11 is 1.09. The third kappa shape index (κ3) is 1.47. The molecule has 0 spiro atoms. The fourth-order valence-corrected chi connectivity index (χ4v) is 1.67. The Balaban J connectivity index is 2.52. The van der Waals surface area contributed by atoms with Crippen LogP contribution < -0.4 is 0 Å². The zero-order chi connectivity index (χ0) is 9.97. The van der Waals surface area contributed by atoms with Gasteiger partial charge in [0.2, 0.25) is 0 Å². The van der Waals surface area contributed by atoms with Gasteiger partial charge in [-0.25, -0.2) is 4.79 Å². The van der Waals surface area contributed by atoms with Gasteiger partial charge in [0.05, 0.1) is 5.56 Å². The summed E-state index contributed by atoms with van der Waals surface area (Å²) in [6.07, 6.45) is 1.52. The highest BCUT2D eigenvalue weighted by Crippen LogP contribution is 2.21. The van der Waals surface area contributed by atoms with Gasteiger partial charge >= 0.3 is 5.97 Å². The molecule has 0 saturated heterocycles. The minimum absolute atomic E-state index is 0.163. The second-order valence-corrected chi connectivity index (χ2v) is 3.12. The Morgan fingerprint density at radius 3 is 3.00 bits per heavy atom. The molecule has 0 aliphatic rings. The fraction of sp³-hybridized carbons (Fsp3) is 0. The summed E-state index contributed by atoms with van der Waals surface area (Å²) in [5.41, 5.74) is 1.01. The van der Waals surface area contributed by atoms with Crippen molar-refractivity contribution in [2.24, 2.45) is 0 Å². The average Bonchev–Trinajstić information content (AvgIpc) is 2.67. The molecule has 0 bridgehead atoms. The van der Waals surface area contributed by atoms with Crippen LogP contribution >= 0.6 is 11.5 Å². The maximum absolute atomic E-state index is 10.8. The van der Waals surface area contributed by atoms with Gasteiger partial charge in [0.1, 0.15) is 11.4 Å². The number of hydrogen-bond acceptors (Lipinski definition) is 5. The van der Waals surface area contributed by atoms with Crippen LogP contribution in [0, 0.1) is 0 Å². The van der Waals surface area contributed by atoms with Crippen molar-refractivity contribution in [3.05, 3.63) is 29.3 Å². The first-order valence-corrected chi connectivity index (χ1v) is 4.58. The van der Waals surface area contributed by atoms with Gasteiger partial charge in [0.25, 0.3) is 0 Å². The largest absolute Gasteiger partial charge is 0.478 e. The molecule has 2 aromatic rings. The zero-order valence-corrected chi connectivity index (χ0v) is 7.73. The molecule has 70 valence electrons. The SMILES string of the molecule is O=C(O)c1csnc1-c1cccnn1. The van der Waals surface area contributed by atoms with Crippen molar-refractivity contribution in [2.75, 3.05) is 0 Å². The smallest absolute Gasteiger partial charge is 0.338 e. The lowest BCUT2D eigenvalue weighted by molar-refractivity contribution is 0.0698. The topological polar surface area (TPSA) is 76.0 Å². The summed E-state index contributed by atoms with van der Waals surface area (Å²) in [6, 6.07) is 3.36. The third-order valence-corrected chi connectivity index (χ3v) is 2.24. The van der Waals surface area contributed by atoms with Crippen molar-refractivity contribution in [3.63, 3.8) is 0 Å². The predicted molar refractivity (Wildman–Crippen MR) is 50.1 cm³/mol. The molecule has 0 amide bonds. The lowest BCUT2D eigenvalue weighted by atomic mass is 10.2. The normalized spacial score (nSPS) is 10.0. The second kappa shape index (κ2) is 3.51. The Bertz CT molecular complexity index is 455. The van der Waals surface area contributed by atoms with Crippen molar-refractivity contribution >= 4 is 17.5 Å². The van der Waals surface area contributed by atoms with Crippen molar-refractivity contribution in [3.8, 4) is 11.4 Å². The van der Waals surface area contributed by atoms with E-state index in [1.807, 2.05) is 0 Å². The molecule has 0 fully saturated rings. The summed E-state index contributed by atoms with van der Waals surface area (Å²) in [7, 11) is 0. The standard InChI is InChI=1S/C8H5N3O2S/c12-8(13)5-4-14-11-7(5)6-2-1-3-9-10-6/h1-4H,(H,12,13). The molecule has 6 heteroatoms. The maximum atomic E-state index is 10.8. The average molecular weight is 207 g/mol. The molecule has 0 aliphatic heterocycles. The van der Waals surface area contributed by atoms with Crippen LogP contribution in [0.2, 0.25) is 0 Å². The van der Waals surface area contributed by atoms with Crippen molar-refractivity contribution < 1.29 is 9.90 Å². The number of carbonyl (C=O) groups is 1. The van der Waals surface area contributed by atoms with Gasteiger partial charge in [-0.1, -0.05) is 0 Å². The van der Waals surface area contributed by atoms with Crippen molar-refractivity contribution in [1.29, 1.82) is 0 Å². The van der Waals surface area contributed by atoms with Gasteiger partial charge in [-0.05, 0) is 23.7 Å². The van der Waals surface area contributed by atoms with E-state index >= 15 is 0 Å². The molecule has 2 rings (SSSR count). The first kappa shape index (κ1) is 8.76. The molecule has 0 radical (unpaired) electrons. The van der Waals surface area contributed by atoms with Gasteiger partial charge in [-0.2, -0.15) is 9.47 Å². The molecule has 0 aliphatic carbocycles. The summed E-state index contributed by atoms with van der Waals surface area (Å²) < 4.78 is 3.97. The Morgan fingerprint density at radius 1 is 1.50 bits per heavy atom. The van der Waals surface area contributed by atoms with Crippen LogP contribution in [-0.4, -0.2) is 25.6 Å². The van der Waals surface area contributed by atoms with Crippen LogP contribution in [0.25, 0.3) is 11.4 Å². The fourth-order valence-electron chi connectivity index (χ4n) is 1.00. The number of nitrogens with zero attached hydrogens (tertiary/aromatic N) is 3. The highest BCUT2D eigenvalue weighted by atomic mass is 32.1. The van der Waals surface area contributed by atoms with Crippen LogP contribution in [0.4, 0.5) is 0 Å². The molecule has 2 aromatic heterocycles.